The highest BCUT2D eigenvalue weighted by Gasteiger charge is 2.17. The molecule has 0 saturated heterocycles. The molecule has 0 saturated carbocycles. The van der Waals surface area contributed by atoms with Crippen molar-refractivity contribution in [3.63, 3.8) is 0 Å². The van der Waals surface area contributed by atoms with E-state index < -0.39 is 10.0 Å². The van der Waals surface area contributed by atoms with Gasteiger partial charge in [0, 0.05) is 19.6 Å². The molecule has 1 aromatic carbocycles. The molecule has 0 aliphatic heterocycles. The normalized spacial score (nSPS) is 11.9. The van der Waals surface area contributed by atoms with E-state index in [1.807, 2.05) is 45.0 Å². The lowest BCUT2D eigenvalue weighted by Crippen LogP contribution is -2.40. The van der Waals surface area contributed by atoms with Crippen LogP contribution in [-0.2, 0) is 21.2 Å². The van der Waals surface area contributed by atoms with Crippen molar-refractivity contribution in [2.75, 3.05) is 25.9 Å². The van der Waals surface area contributed by atoms with Gasteiger partial charge in [0.2, 0.25) is 15.9 Å². The Hall–Kier alpha value is -1.40. The maximum absolute atomic E-state index is 11.9. The van der Waals surface area contributed by atoms with E-state index in [0.717, 1.165) is 11.1 Å². The number of nitrogens with one attached hydrogen (secondary N) is 1. The highest BCUT2D eigenvalue weighted by molar-refractivity contribution is 7.88. The number of hydrogen-bond donors (Lipinski definition) is 1. The highest BCUT2D eigenvalue weighted by atomic mass is 32.2. The predicted molar refractivity (Wildman–Crippen MR) is 89.1 cm³/mol. The van der Waals surface area contributed by atoms with Crippen LogP contribution in [0.25, 0.3) is 0 Å². The van der Waals surface area contributed by atoms with Crippen LogP contribution in [-0.4, -0.2) is 44.5 Å². The Morgan fingerprint density at radius 1 is 1.32 bits per heavy atom. The van der Waals surface area contributed by atoms with E-state index in [1.165, 1.54) is 10.6 Å². The van der Waals surface area contributed by atoms with Crippen molar-refractivity contribution in [2.24, 2.45) is 5.92 Å². The van der Waals surface area contributed by atoms with Crippen LogP contribution in [0.4, 0.5) is 0 Å². The van der Waals surface area contributed by atoms with Crippen LogP contribution in [0.1, 0.15) is 25.0 Å². The van der Waals surface area contributed by atoms with Gasteiger partial charge in [0.25, 0.3) is 0 Å². The molecule has 1 N–H and O–H groups in total. The maximum Gasteiger partial charge on any atom is 0.224 e. The lowest BCUT2D eigenvalue weighted by Gasteiger charge is -2.22. The Labute approximate surface area is 133 Å². The standard InChI is InChI=1S/C16H26N2O3S/c1-13(2)12-18(22(4,20)21)9-8-17-16(19)11-15-7-5-6-14(3)10-15/h5-7,10,13H,8-9,11-12H2,1-4H3,(H,17,19). The molecular formula is C16H26N2O3S. The van der Waals surface area contributed by atoms with E-state index in [2.05, 4.69) is 5.32 Å². The Morgan fingerprint density at radius 3 is 2.55 bits per heavy atom. The van der Waals surface area contributed by atoms with Crippen molar-refractivity contribution in [3.8, 4) is 0 Å². The molecule has 124 valence electrons. The number of rotatable bonds is 8. The largest absolute Gasteiger partial charge is 0.354 e. The van der Waals surface area contributed by atoms with Gasteiger partial charge in [0.15, 0.2) is 0 Å². The number of nitrogens with zero attached hydrogens (tertiary/aromatic N) is 1. The minimum absolute atomic E-state index is 0.0939. The first-order valence-corrected chi connectivity index (χ1v) is 9.30. The second-order valence-electron chi connectivity index (χ2n) is 6.03. The fourth-order valence-electron chi connectivity index (χ4n) is 2.19. The van der Waals surface area contributed by atoms with Crippen molar-refractivity contribution in [1.82, 2.24) is 9.62 Å². The SMILES string of the molecule is Cc1cccc(CC(=O)NCCN(CC(C)C)S(C)(=O)=O)c1. The Morgan fingerprint density at radius 2 is 2.00 bits per heavy atom. The van der Waals surface area contributed by atoms with Gasteiger partial charge in [-0.2, -0.15) is 0 Å². The van der Waals surface area contributed by atoms with E-state index in [1.54, 1.807) is 0 Å². The third-order valence-corrected chi connectivity index (χ3v) is 4.44. The summed E-state index contributed by atoms with van der Waals surface area (Å²) in [5, 5.41) is 2.78. The number of amides is 1. The lowest BCUT2D eigenvalue weighted by molar-refractivity contribution is -0.120. The van der Waals surface area contributed by atoms with Crippen LogP contribution in [0.5, 0.6) is 0 Å². The quantitative estimate of drug-likeness (QED) is 0.788. The van der Waals surface area contributed by atoms with Gasteiger partial charge in [-0.05, 0) is 18.4 Å². The number of carbonyl (C=O) groups is 1. The molecule has 0 aromatic heterocycles. The van der Waals surface area contributed by atoms with Crippen LogP contribution in [0.15, 0.2) is 24.3 Å². The summed E-state index contributed by atoms with van der Waals surface area (Å²) in [6, 6.07) is 7.79. The zero-order valence-electron chi connectivity index (χ0n) is 13.8. The fourth-order valence-corrected chi connectivity index (χ4v) is 3.18. The molecule has 0 spiro atoms. The van der Waals surface area contributed by atoms with E-state index in [4.69, 9.17) is 0 Å². The van der Waals surface area contributed by atoms with Gasteiger partial charge in [0.1, 0.15) is 0 Å². The van der Waals surface area contributed by atoms with Crippen molar-refractivity contribution in [3.05, 3.63) is 35.4 Å². The summed E-state index contributed by atoms with van der Waals surface area (Å²) in [6.45, 7) is 7.01. The molecule has 0 atom stereocenters. The minimum atomic E-state index is -3.24. The Balaban J connectivity index is 2.46. The molecule has 0 aliphatic rings. The molecule has 1 aromatic rings. The smallest absolute Gasteiger partial charge is 0.224 e. The third-order valence-electron chi connectivity index (χ3n) is 3.17. The molecule has 6 heteroatoms. The van der Waals surface area contributed by atoms with Crippen molar-refractivity contribution in [1.29, 1.82) is 0 Å². The third kappa shape index (κ3) is 7.04. The van der Waals surface area contributed by atoms with Crippen LogP contribution in [0.3, 0.4) is 0 Å². The van der Waals surface area contributed by atoms with Gasteiger partial charge < -0.3 is 5.32 Å². The average Bonchev–Trinajstić information content (AvgIpc) is 2.35. The monoisotopic (exact) mass is 326 g/mol. The van der Waals surface area contributed by atoms with Gasteiger partial charge in [-0.25, -0.2) is 12.7 Å². The molecule has 0 fully saturated rings. The van der Waals surface area contributed by atoms with Gasteiger partial charge in [-0.3, -0.25) is 4.79 Å². The van der Waals surface area contributed by atoms with E-state index in [0.29, 0.717) is 26.1 Å². The number of sulfonamides is 1. The number of hydrogen-bond acceptors (Lipinski definition) is 3. The molecule has 0 heterocycles. The summed E-state index contributed by atoms with van der Waals surface area (Å²) >= 11 is 0. The van der Waals surface area contributed by atoms with Crippen LogP contribution in [0.2, 0.25) is 0 Å². The summed E-state index contributed by atoms with van der Waals surface area (Å²) < 4.78 is 24.8. The van der Waals surface area contributed by atoms with Crippen molar-refractivity contribution in [2.45, 2.75) is 27.2 Å². The molecule has 5 nitrogen and oxygen atoms in total. The number of aryl methyl sites for hydroxylation is 1. The molecule has 1 rings (SSSR count). The molecule has 22 heavy (non-hydrogen) atoms. The first kappa shape index (κ1) is 18.6. The minimum Gasteiger partial charge on any atom is -0.354 e. The van der Waals surface area contributed by atoms with E-state index in [-0.39, 0.29) is 11.8 Å². The van der Waals surface area contributed by atoms with Gasteiger partial charge in [-0.1, -0.05) is 43.7 Å². The molecule has 0 radical (unpaired) electrons. The fraction of sp³-hybridized carbons (Fsp3) is 0.562. The van der Waals surface area contributed by atoms with Crippen LogP contribution < -0.4 is 5.32 Å². The van der Waals surface area contributed by atoms with Gasteiger partial charge in [0.05, 0.1) is 12.7 Å². The zero-order valence-corrected chi connectivity index (χ0v) is 14.6. The van der Waals surface area contributed by atoms with Gasteiger partial charge >= 0.3 is 0 Å². The van der Waals surface area contributed by atoms with E-state index >= 15 is 0 Å². The topological polar surface area (TPSA) is 66.5 Å². The van der Waals surface area contributed by atoms with Crippen LogP contribution in [0, 0.1) is 12.8 Å². The molecule has 0 aliphatic carbocycles. The summed E-state index contributed by atoms with van der Waals surface area (Å²) in [7, 11) is -3.24. The Kier molecular flexibility index (Phi) is 7.03. The summed E-state index contributed by atoms with van der Waals surface area (Å²) in [5.74, 6) is 0.154. The van der Waals surface area contributed by atoms with Crippen molar-refractivity contribution >= 4 is 15.9 Å². The summed E-state index contributed by atoms with van der Waals surface area (Å²) in [5.41, 5.74) is 2.07. The average molecular weight is 326 g/mol. The maximum atomic E-state index is 11.9. The highest BCUT2D eigenvalue weighted by Crippen LogP contribution is 2.05. The molecule has 1 amide bonds. The van der Waals surface area contributed by atoms with Gasteiger partial charge in [-0.15, -0.1) is 0 Å². The molecular weight excluding hydrogens is 300 g/mol. The summed E-state index contributed by atoms with van der Waals surface area (Å²) in [4.78, 5) is 11.9. The second kappa shape index (κ2) is 8.29. The van der Waals surface area contributed by atoms with E-state index in [9.17, 15) is 13.2 Å². The number of carbonyl (C=O) groups excluding carboxylic acids is 1. The predicted octanol–water partition coefficient (Wildman–Crippen LogP) is 1.57. The second-order valence-corrected chi connectivity index (χ2v) is 8.01. The molecule has 0 unspecified atom stereocenters. The first-order valence-electron chi connectivity index (χ1n) is 7.46. The van der Waals surface area contributed by atoms with Crippen LogP contribution >= 0.6 is 0 Å². The molecule has 0 bridgehead atoms. The first-order chi connectivity index (χ1) is 10.2. The summed E-state index contributed by atoms with van der Waals surface area (Å²) in [6.07, 6.45) is 1.51. The lowest BCUT2D eigenvalue weighted by atomic mass is 10.1. The van der Waals surface area contributed by atoms with Crippen molar-refractivity contribution < 1.29 is 13.2 Å². The Bertz CT molecular complexity index is 597. The zero-order chi connectivity index (χ0) is 16.8. The number of benzene rings is 1.